The van der Waals surface area contributed by atoms with Crippen molar-refractivity contribution in [2.45, 2.75) is 12.2 Å². The molecule has 4 nitrogen and oxygen atoms in total. The molecular formula is C22H12ClF5N2O2. The van der Waals surface area contributed by atoms with Gasteiger partial charge in [0.2, 0.25) is 0 Å². The van der Waals surface area contributed by atoms with Crippen molar-refractivity contribution in [3.05, 3.63) is 99.1 Å². The quantitative estimate of drug-likeness (QED) is 0.485. The van der Waals surface area contributed by atoms with Crippen LogP contribution in [0.4, 0.5) is 27.6 Å². The number of hydrogen-bond donors (Lipinski definition) is 2. The van der Waals surface area contributed by atoms with Crippen molar-refractivity contribution in [2.75, 3.05) is 5.32 Å². The Labute approximate surface area is 183 Å². The monoisotopic (exact) mass is 466 g/mol. The van der Waals surface area contributed by atoms with E-state index in [0.717, 1.165) is 12.1 Å². The maximum Gasteiger partial charge on any atom is 0.416 e. The van der Waals surface area contributed by atoms with E-state index in [-0.39, 0.29) is 33.5 Å². The Hall–Kier alpha value is -3.46. The molecule has 0 radical (unpaired) electrons. The highest BCUT2D eigenvalue weighted by molar-refractivity contribution is 6.31. The molecule has 1 heterocycles. The third-order valence-corrected chi connectivity index (χ3v) is 5.26. The zero-order chi connectivity index (χ0) is 23.2. The van der Waals surface area contributed by atoms with Gasteiger partial charge in [-0.3, -0.25) is 9.59 Å². The number of alkyl halides is 3. The Morgan fingerprint density at radius 3 is 2.47 bits per heavy atom. The zero-order valence-corrected chi connectivity index (χ0v) is 16.6. The van der Waals surface area contributed by atoms with Gasteiger partial charge in [0.05, 0.1) is 11.6 Å². The third-order valence-electron chi connectivity index (χ3n) is 4.92. The zero-order valence-electron chi connectivity index (χ0n) is 15.9. The van der Waals surface area contributed by atoms with E-state index in [4.69, 9.17) is 11.6 Å². The van der Waals surface area contributed by atoms with Crippen LogP contribution in [0.25, 0.3) is 0 Å². The van der Waals surface area contributed by atoms with Crippen molar-refractivity contribution in [2.24, 2.45) is 0 Å². The van der Waals surface area contributed by atoms with Crippen LogP contribution in [0.3, 0.4) is 0 Å². The summed E-state index contributed by atoms with van der Waals surface area (Å²) in [6.45, 7) is 0. The summed E-state index contributed by atoms with van der Waals surface area (Å²) in [6, 6.07) is 8.46. The molecule has 3 aromatic carbocycles. The summed E-state index contributed by atoms with van der Waals surface area (Å²) in [5.74, 6) is -3.36. The molecule has 2 N–H and O–H groups in total. The maximum absolute atomic E-state index is 13.8. The molecule has 0 unspecified atom stereocenters. The fourth-order valence-corrected chi connectivity index (χ4v) is 3.74. The highest BCUT2D eigenvalue weighted by Crippen LogP contribution is 2.39. The van der Waals surface area contributed by atoms with Crippen LogP contribution in [0.15, 0.2) is 54.6 Å². The summed E-state index contributed by atoms with van der Waals surface area (Å²) in [7, 11) is 0. The maximum atomic E-state index is 13.8. The number of fused-ring (bicyclic) bond motifs is 1. The average Bonchev–Trinajstić information content (AvgIpc) is 3.06. The van der Waals surface area contributed by atoms with Crippen molar-refractivity contribution in [1.82, 2.24) is 5.32 Å². The number of halogens is 6. The Morgan fingerprint density at radius 1 is 1.00 bits per heavy atom. The lowest BCUT2D eigenvalue weighted by atomic mass is 9.96. The van der Waals surface area contributed by atoms with E-state index in [1.807, 2.05) is 0 Å². The Kier molecular flexibility index (Phi) is 5.37. The van der Waals surface area contributed by atoms with E-state index in [9.17, 15) is 31.5 Å². The Balaban J connectivity index is 1.75. The van der Waals surface area contributed by atoms with Crippen LogP contribution in [0.1, 0.15) is 43.4 Å². The molecule has 0 aliphatic carbocycles. The predicted molar refractivity (Wildman–Crippen MR) is 107 cm³/mol. The van der Waals surface area contributed by atoms with Crippen molar-refractivity contribution in [3.63, 3.8) is 0 Å². The molecule has 0 saturated heterocycles. The summed E-state index contributed by atoms with van der Waals surface area (Å²) in [5, 5.41) is 5.22. The number of nitrogens with one attached hydrogen (secondary N) is 2. The van der Waals surface area contributed by atoms with Crippen LogP contribution >= 0.6 is 11.6 Å². The minimum Gasteiger partial charge on any atom is -0.341 e. The number of carbonyl (C=O) groups is 2. The molecule has 1 atom stereocenters. The third kappa shape index (κ3) is 4.03. The lowest BCUT2D eigenvalue weighted by molar-refractivity contribution is -0.137. The highest BCUT2D eigenvalue weighted by atomic mass is 35.5. The Morgan fingerprint density at radius 2 is 1.75 bits per heavy atom. The minimum absolute atomic E-state index is 0.0778. The van der Waals surface area contributed by atoms with Crippen LogP contribution in [0.5, 0.6) is 0 Å². The molecular weight excluding hydrogens is 455 g/mol. The molecule has 1 aliphatic heterocycles. The topological polar surface area (TPSA) is 58.2 Å². The second kappa shape index (κ2) is 7.90. The van der Waals surface area contributed by atoms with Crippen LogP contribution in [0, 0.1) is 11.6 Å². The first-order chi connectivity index (χ1) is 15.0. The summed E-state index contributed by atoms with van der Waals surface area (Å²) in [5.41, 5.74) is -1.15. The van der Waals surface area contributed by atoms with Gasteiger partial charge in [0.25, 0.3) is 11.8 Å². The molecule has 32 heavy (non-hydrogen) atoms. The van der Waals surface area contributed by atoms with E-state index in [0.29, 0.717) is 12.1 Å². The highest BCUT2D eigenvalue weighted by Gasteiger charge is 2.35. The molecule has 10 heteroatoms. The number of hydrogen-bond acceptors (Lipinski definition) is 2. The summed E-state index contributed by atoms with van der Waals surface area (Å²) >= 11 is 6.17. The largest absolute Gasteiger partial charge is 0.416 e. The number of anilines is 1. The van der Waals surface area contributed by atoms with Gasteiger partial charge in [-0.05, 0) is 48.5 Å². The normalized spacial score (nSPS) is 15.3. The SMILES string of the molecule is O=C(Nc1cccc2c1[C@H](c1cc(F)ccc1Cl)NC2=O)c1cc(F)cc(C(F)(F)F)c1. The van der Waals surface area contributed by atoms with E-state index < -0.39 is 46.8 Å². The minimum atomic E-state index is -4.85. The standard InChI is InChI=1S/C22H12ClF5N2O2/c23-16-5-4-12(24)9-15(16)19-18-14(21(32)30-19)2-1-3-17(18)29-20(31)10-6-11(22(26,27)28)8-13(25)7-10/h1-9,19H,(H,29,31)(H,30,32)/t19-/m0/s1. The lowest BCUT2D eigenvalue weighted by Gasteiger charge is -2.18. The number of rotatable bonds is 3. The van der Waals surface area contributed by atoms with Crippen LogP contribution < -0.4 is 10.6 Å². The first kappa shape index (κ1) is 21.8. The number of carbonyl (C=O) groups excluding carboxylic acids is 2. The first-order valence-electron chi connectivity index (χ1n) is 9.12. The summed E-state index contributed by atoms with van der Waals surface area (Å²) in [6.07, 6.45) is -4.85. The fraction of sp³-hybridized carbons (Fsp3) is 0.0909. The van der Waals surface area contributed by atoms with Gasteiger partial charge in [-0.15, -0.1) is 0 Å². The first-order valence-corrected chi connectivity index (χ1v) is 9.50. The molecule has 3 aromatic rings. The van der Waals surface area contributed by atoms with Gasteiger partial charge in [0.1, 0.15) is 11.6 Å². The van der Waals surface area contributed by atoms with Gasteiger partial charge in [-0.2, -0.15) is 13.2 Å². The number of amides is 2. The van der Waals surface area contributed by atoms with Crippen LogP contribution in [-0.2, 0) is 6.18 Å². The van der Waals surface area contributed by atoms with Crippen molar-refractivity contribution < 1.29 is 31.5 Å². The van der Waals surface area contributed by atoms with Crippen LogP contribution in [0.2, 0.25) is 5.02 Å². The molecule has 0 spiro atoms. The molecule has 0 saturated carbocycles. The second-order valence-electron chi connectivity index (χ2n) is 7.02. The average molecular weight is 467 g/mol. The van der Waals surface area contributed by atoms with E-state index in [2.05, 4.69) is 10.6 Å². The van der Waals surface area contributed by atoms with Crippen molar-refractivity contribution in [1.29, 1.82) is 0 Å². The van der Waals surface area contributed by atoms with Gasteiger partial charge >= 0.3 is 6.18 Å². The lowest BCUT2D eigenvalue weighted by Crippen LogP contribution is -2.21. The van der Waals surface area contributed by atoms with Crippen molar-refractivity contribution >= 4 is 29.1 Å². The number of benzene rings is 3. The van der Waals surface area contributed by atoms with Crippen LogP contribution in [-0.4, -0.2) is 11.8 Å². The Bertz CT molecular complexity index is 1260. The van der Waals surface area contributed by atoms with Gasteiger partial charge in [-0.1, -0.05) is 17.7 Å². The van der Waals surface area contributed by atoms with E-state index in [1.54, 1.807) is 0 Å². The smallest absolute Gasteiger partial charge is 0.341 e. The molecule has 0 fully saturated rings. The molecule has 4 rings (SSSR count). The van der Waals surface area contributed by atoms with Crippen molar-refractivity contribution in [3.8, 4) is 0 Å². The van der Waals surface area contributed by atoms with Gasteiger partial charge in [-0.25, -0.2) is 8.78 Å². The van der Waals surface area contributed by atoms with Gasteiger partial charge in [0.15, 0.2) is 0 Å². The summed E-state index contributed by atoms with van der Waals surface area (Å²) < 4.78 is 66.5. The predicted octanol–water partition coefficient (Wildman–Crippen LogP) is 5.72. The molecule has 0 bridgehead atoms. The van der Waals surface area contributed by atoms with Gasteiger partial charge in [0, 0.05) is 33.0 Å². The molecule has 1 aliphatic rings. The van der Waals surface area contributed by atoms with E-state index >= 15 is 0 Å². The van der Waals surface area contributed by atoms with E-state index in [1.165, 1.54) is 24.3 Å². The molecule has 2 amide bonds. The fourth-order valence-electron chi connectivity index (χ4n) is 3.51. The second-order valence-corrected chi connectivity index (χ2v) is 7.43. The molecule has 0 aromatic heterocycles. The summed E-state index contributed by atoms with van der Waals surface area (Å²) in [4.78, 5) is 25.1. The molecule has 164 valence electrons. The van der Waals surface area contributed by atoms with Gasteiger partial charge < -0.3 is 10.6 Å².